The highest BCUT2D eigenvalue weighted by atomic mass is 16.2. The Bertz CT molecular complexity index is 431. The number of benzene rings is 1. The molecule has 4 heteroatoms. The molecule has 1 amide bonds. The number of amides is 1. The molecule has 1 heterocycles. The van der Waals surface area contributed by atoms with Crippen molar-refractivity contribution in [2.24, 2.45) is 0 Å². The van der Waals surface area contributed by atoms with Crippen molar-refractivity contribution in [3.8, 4) is 0 Å². The van der Waals surface area contributed by atoms with E-state index < -0.39 is 0 Å². The number of carbonyl (C=O) groups is 1. The highest BCUT2D eigenvalue weighted by Crippen LogP contribution is 2.22. The van der Waals surface area contributed by atoms with Crippen LogP contribution in [0.5, 0.6) is 0 Å². The van der Waals surface area contributed by atoms with Crippen molar-refractivity contribution in [3.63, 3.8) is 0 Å². The number of nitrogen functional groups attached to an aromatic ring is 2. The molecule has 17 heavy (non-hydrogen) atoms. The minimum absolute atomic E-state index is 0.0592. The lowest BCUT2D eigenvalue weighted by Crippen LogP contribution is -2.42. The minimum Gasteiger partial charge on any atom is -0.397 e. The van der Waals surface area contributed by atoms with Crippen molar-refractivity contribution in [2.75, 3.05) is 18.0 Å². The zero-order valence-corrected chi connectivity index (χ0v) is 10.1. The van der Waals surface area contributed by atoms with Crippen LogP contribution in [-0.2, 0) is 0 Å². The zero-order valence-electron chi connectivity index (χ0n) is 10.1. The van der Waals surface area contributed by atoms with E-state index in [2.05, 4.69) is 6.92 Å². The van der Waals surface area contributed by atoms with Crippen molar-refractivity contribution < 1.29 is 4.79 Å². The highest BCUT2D eigenvalue weighted by Gasteiger charge is 2.24. The predicted octanol–water partition coefficient (Wildman–Crippen LogP) is 1.87. The zero-order chi connectivity index (χ0) is 12.4. The maximum Gasteiger partial charge on any atom is 0.254 e. The summed E-state index contributed by atoms with van der Waals surface area (Å²) in [5.74, 6) is 0.0592. The molecule has 1 saturated heterocycles. The van der Waals surface area contributed by atoms with Crippen LogP contribution in [0, 0.1) is 0 Å². The summed E-state index contributed by atoms with van der Waals surface area (Å²) in [4.78, 5) is 14.2. The van der Waals surface area contributed by atoms with Gasteiger partial charge in [-0.3, -0.25) is 4.79 Å². The summed E-state index contributed by atoms with van der Waals surface area (Å²) in [6.45, 7) is 2.93. The fourth-order valence-corrected chi connectivity index (χ4v) is 2.27. The minimum atomic E-state index is 0.0592. The Labute approximate surface area is 102 Å². The Hall–Kier alpha value is -1.71. The maximum atomic E-state index is 12.3. The second kappa shape index (κ2) is 4.65. The molecule has 1 aliphatic heterocycles. The first-order chi connectivity index (χ1) is 8.09. The van der Waals surface area contributed by atoms with Gasteiger partial charge in [0.2, 0.25) is 0 Å². The first kappa shape index (κ1) is 11.8. The van der Waals surface area contributed by atoms with E-state index in [1.54, 1.807) is 18.2 Å². The number of hydrogen-bond donors (Lipinski definition) is 2. The average Bonchev–Trinajstić information content (AvgIpc) is 2.32. The number of nitrogens with two attached hydrogens (primary N) is 2. The van der Waals surface area contributed by atoms with Gasteiger partial charge in [0.15, 0.2) is 0 Å². The van der Waals surface area contributed by atoms with Gasteiger partial charge in [0.1, 0.15) is 0 Å². The lowest BCUT2D eigenvalue weighted by molar-refractivity contribution is 0.0635. The van der Waals surface area contributed by atoms with Crippen LogP contribution in [0.2, 0.25) is 0 Å². The molecule has 0 aromatic heterocycles. The molecule has 1 unspecified atom stereocenters. The van der Waals surface area contributed by atoms with Crippen molar-refractivity contribution in [1.82, 2.24) is 4.90 Å². The van der Waals surface area contributed by atoms with Gasteiger partial charge in [-0.1, -0.05) is 0 Å². The third kappa shape index (κ3) is 2.35. The molecule has 0 radical (unpaired) electrons. The molecule has 4 nitrogen and oxygen atoms in total. The van der Waals surface area contributed by atoms with E-state index in [0.29, 0.717) is 23.0 Å². The molecule has 92 valence electrons. The molecular weight excluding hydrogens is 214 g/mol. The monoisotopic (exact) mass is 233 g/mol. The second-order valence-corrected chi connectivity index (χ2v) is 4.69. The molecule has 1 aromatic rings. The number of piperidine rings is 1. The number of carbonyl (C=O) groups excluding carboxylic acids is 1. The van der Waals surface area contributed by atoms with Crippen LogP contribution in [0.15, 0.2) is 18.2 Å². The molecule has 1 aromatic carbocycles. The van der Waals surface area contributed by atoms with Gasteiger partial charge >= 0.3 is 0 Å². The molecule has 0 spiro atoms. The van der Waals surface area contributed by atoms with Gasteiger partial charge < -0.3 is 16.4 Å². The molecule has 1 fully saturated rings. The van der Waals surface area contributed by atoms with Gasteiger partial charge in [-0.25, -0.2) is 0 Å². The van der Waals surface area contributed by atoms with E-state index >= 15 is 0 Å². The summed E-state index contributed by atoms with van der Waals surface area (Å²) in [6, 6.07) is 5.42. The van der Waals surface area contributed by atoms with Crippen LogP contribution < -0.4 is 11.5 Å². The largest absolute Gasteiger partial charge is 0.397 e. The Kier molecular flexibility index (Phi) is 3.22. The Morgan fingerprint density at radius 3 is 2.71 bits per heavy atom. The van der Waals surface area contributed by atoms with Gasteiger partial charge in [-0.2, -0.15) is 0 Å². The van der Waals surface area contributed by atoms with Gasteiger partial charge in [0.05, 0.1) is 11.4 Å². The van der Waals surface area contributed by atoms with Crippen LogP contribution in [0.1, 0.15) is 36.5 Å². The number of likely N-dealkylation sites (tertiary alicyclic amines) is 1. The standard InChI is InChI=1S/C13H19N3O/c1-9-4-2-3-7-16(9)13(17)10-5-6-11(14)12(15)8-10/h5-6,8-9H,2-4,7,14-15H2,1H3. The summed E-state index contributed by atoms with van der Waals surface area (Å²) in [6.07, 6.45) is 3.37. The summed E-state index contributed by atoms with van der Waals surface area (Å²) >= 11 is 0. The summed E-state index contributed by atoms with van der Waals surface area (Å²) in [5, 5.41) is 0. The molecule has 1 atom stereocenters. The van der Waals surface area contributed by atoms with E-state index in [9.17, 15) is 4.79 Å². The molecule has 1 aliphatic rings. The fraction of sp³-hybridized carbons (Fsp3) is 0.462. The number of rotatable bonds is 1. The van der Waals surface area contributed by atoms with Crippen molar-refractivity contribution in [3.05, 3.63) is 23.8 Å². The lowest BCUT2D eigenvalue weighted by atomic mass is 10.0. The van der Waals surface area contributed by atoms with Crippen LogP contribution in [0.3, 0.4) is 0 Å². The van der Waals surface area contributed by atoms with Gasteiger partial charge in [-0.05, 0) is 44.4 Å². The summed E-state index contributed by atoms with van der Waals surface area (Å²) in [7, 11) is 0. The highest BCUT2D eigenvalue weighted by molar-refractivity contribution is 5.96. The molecular formula is C13H19N3O. The Balaban J connectivity index is 2.21. The molecule has 0 bridgehead atoms. The van der Waals surface area contributed by atoms with Gasteiger partial charge in [0.25, 0.3) is 5.91 Å². The molecule has 4 N–H and O–H groups in total. The smallest absolute Gasteiger partial charge is 0.254 e. The Morgan fingerprint density at radius 1 is 1.29 bits per heavy atom. The first-order valence-corrected chi connectivity index (χ1v) is 6.05. The van der Waals surface area contributed by atoms with E-state index in [-0.39, 0.29) is 5.91 Å². The number of nitrogens with zero attached hydrogens (tertiary/aromatic N) is 1. The normalized spacial score (nSPS) is 20.3. The van der Waals surface area contributed by atoms with Crippen molar-refractivity contribution in [1.29, 1.82) is 0 Å². The quantitative estimate of drug-likeness (QED) is 0.727. The second-order valence-electron chi connectivity index (χ2n) is 4.69. The van der Waals surface area contributed by atoms with Crippen LogP contribution in [-0.4, -0.2) is 23.4 Å². The third-order valence-corrected chi connectivity index (χ3v) is 3.40. The first-order valence-electron chi connectivity index (χ1n) is 6.05. The SMILES string of the molecule is CC1CCCCN1C(=O)c1ccc(N)c(N)c1. The Morgan fingerprint density at radius 2 is 2.06 bits per heavy atom. The van der Waals surface area contributed by atoms with E-state index in [1.807, 2.05) is 4.90 Å². The lowest BCUT2D eigenvalue weighted by Gasteiger charge is -2.33. The van der Waals surface area contributed by atoms with E-state index in [4.69, 9.17) is 11.5 Å². The van der Waals surface area contributed by atoms with E-state index in [0.717, 1.165) is 19.4 Å². The van der Waals surface area contributed by atoms with Gasteiger partial charge in [-0.15, -0.1) is 0 Å². The summed E-state index contributed by atoms with van der Waals surface area (Å²) in [5.41, 5.74) is 13.0. The third-order valence-electron chi connectivity index (χ3n) is 3.40. The number of hydrogen-bond acceptors (Lipinski definition) is 3. The number of anilines is 2. The maximum absolute atomic E-state index is 12.3. The fourth-order valence-electron chi connectivity index (χ4n) is 2.27. The van der Waals surface area contributed by atoms with Crippen molar-refractivity contribution in [2.45, 2.75) is 32.2 Å². The molecule has 0 aliphatic carbocycles. The summed E-state index contributed by atoms with van der Waals surface area (Å²) < 4.78 is 0. The van der Waals surface area contributed by atoms with Crippen molar-refractivity contribution >= 4 is 17.3 Å². The predicted molar refractivity (Wildman–Crippen MR) is 69.6 cm³/mol. The van der Waals surface area contributed by atoms with Crippen LogP contribution in [0.25, 0.3) is 0 Å². The topological polar surface area (TPSA) is 72.3 Å². The molecule has 0 saturated carbocycles. The average molecular weight is 233 g/mol. The molecule has 2 rings (SSSR count). The van der Waals surface area contributed by atoms with Gasteiger partial charge in [0, 0.05) is 18.2 Å². The van der Waals surface area contributed by atoms with Crippen LogP contribution in [0.4, 0.5) is 11.4 Å². The van der Waals surface area contributed by atoms with Crippen LogP contribution >= 0.6 is 0 Å². The van der Waals surface area contributed by atoms with E-state index in [1.165, 1.54) is 6.42 Å².